The number of benzene rings is 1. The molecule has 1 aromatic rings. The highest BCUT2D eigenvalue weighted by atomic mass is 79.9. The quantitative estimate of drug-likeness (QED) is 0.808. The highest BCUT2D eigenvalue weighted by Gasteiger charge is 2.29. The van der Waals surface area contributed by atoms with E-state index in [1.54, 1.807) is 4.90 Å². The fraction of sp³-hybridized carbons (Fsp3) is 0.500. The lowest BCUT2D eigenvalue weighted by molar-refractivity contribution is -0.129. The molecule has 1 heterocycles. The molecule has 2 rings (SSSR count). The molecule has 0 aromatic heterocycles. The van der Waals surface area contributed by atoms with Crippen molar-refractivity contribution in [1.29, 1.82) is 0 Å². The highest BCUT2D eigenvalue weighted by Crippen LogP contribution is 2.19. The van der Waals surface area contributed by atoms with E-state index < -0.39 is 6.10 Å². The fourth-order valence-corrected chi connectivity index (χ4v) is 2.58. The number of likely N-dealkylation sites (tertiary alicyclic amines) is 1. The number of β-amino-alcohol motifs (C(OH)–C–C–N with tert-alkyl or cyclic N) is 1. The first-order valence-corrected chi connectivity index (χ1v) is 7.51. The van der Waals surface area contributed by atoms with E-state index in [-0.39, 0.29) is 12.5 Å². The van der Waals surface area contributed by atoms with E-state index in [0.717, 1.165) is 11.1 Å². The number of carbonyl (C=O) groups is 1. The van der Waals surface area contributed by atoms with Crippen LogP contribution < -0.4 is 4.74 Å². The number of hydrogen-bond acceptors (Lipinski definition) is 3. The molecule has 2 atom stereocenters. The van der Waals surface area contributed by atoms with E-state index in [0.29, 0.717) is 25.4 Å². The maximum Gasteiger partial charge on any atom is 0.223 e. The maximum absolute atomic E-state index is 11.7. The summed E-state index contributed by atoms with van der Waals surface area (Å²) in [4.78, 5) is 13.4. The van der Waals surface area contributed by atoms with Crippen molar-refractivity contribution in [2.45, 2.75) is 12.5 Å². The van der Waals surface area contributed by atoms with Crippen LogP contribution in [0.1, 0.15) is 6.42 Å². The van der Waals surface area contributed by atoms with Crippen LogP contribution in [0.5, 0.6) is 5.75 Å². The number of aliphatic hydroxyl groups excluding tert-OH is 1. The van der Waals surface area contributed by atoms with Crippen LogP contribution in [0.3, 0.4) is 0 Å². The van der Waals surface area contributed by atoms with Crippen LogP contribution in [0.25, 0.3) is 0 Å². The Bertz CT molecular complexity index is 412. The van der Waals surface area contributed by atoms with Gasteiger partial charge in [-0.05, 0) is 18.1 Å². The molecular weight excluding hydrogens is 310 g/mol. The molecule has 19 heavy (non-hydrogen) atoms. The van der Waals surface area contributed by atoms with Gasteiger partial charge in [0.05, 0.1) is 0 Å². The van der Waals surface area contributed by atoms with Gasteiger partial charge in [-0.1, -0.05) is 34.1 Å². The zero-order valence-corrected chi connectivity index (χ0v) is 12.3. The largest absolute Gasteiger partial charge is 0.491 e. The number of aliphatic hydroxyl groups is 1. The topological polar surface area (TPSA) is 49.8 Å². The molecule has 1 N–H and O–H groups in total. The lowest BCUT2D eigenvalue weighted by Gasteiger charge is -2.20. The summed E-state index contributed by atoms with van der Waals surface area (Å²) < 4.78 is 5.47. The Kier molecular flexibility index (Phi) is 5.22. The Morgan fingerprint density at radius 2 is 2.16 bits per heavy atom. The van der Waals surface area contributed by atoms with Crippen molar-refractivity contribution in [3.8, 4) is 5.75 Å². The SMILES string of the molecule is O=C1CC(CBr)CN1CC(O)COc1ccccc1. The van der Waals surface area contributed by atoms with Crippen LogP contribution in [0, 0.1) is 5.92 Å². The predicted octanol–water partition coefficient (Wildman–Crippen LogP) is 1.67. The number of rotatable bonds is 6. The normalized spacial score (nSPS) is 20.6. The summed E-state index contributed by atoms with van der Waals surface area (Å²) in [6, 6.07) is 9.36. The summed E-state index contributed by atoms with van der Waals surface area (Å²) in [6.07, 6.45) is -0.0874. The molecular formula is C14H18BrNO3. The zero-order chi connectivity index (χ0) is 13.7. The predicted molar refractivity (Wildman–Crippen MR) is 76.4 cm³/mol. The van der Waals surface area contributed by atoms with Gasteiger partial charge in [0, 0.05) is 24.8 Å². The second-order valence-corrected chi connectivity index (χ2v) is 5.45. The van der Waals surface area contributed by atoms with Gasteiger partial charge in [0.2, 0.25) is 5.91 Å². The van der Waals surface area contributed by atoms with Crippen molar-refractivity contribution in [3.63, 3.8) is 0 Å². The third-order valence-electron chi connectivity index (χ3n) is 3.13. The third kappa shape index (κ3) is 4.21. The van der Waals surface area contributed by atoms with Crippen molar-refractivity contribution >= 4 is 21.8 Å². The molecule has 0 saturated carbocycles. The van der Waals surface area contributed by atoms with Gasteiger partial charge in [-0.25, -0.2) is 0 Å². The molecule has 0 radical (unpaired) electrons. The van der Waals surface area contributed by atoms with Crippen LogP contribution in [-0.2, 0) is 4.79 Å². The Balaban J connectivity index is 1.75. The highest BCUT2D eigenvalue weighted by molar-refractivity contribution is 9.09. The third-order valence-corrected chi connectivity index (χ3v) is 4.05. The van der Waals surface area contributed by atoms with Gasteiger partial charge in [0.25, 0.3) is 0 Å². The summed E-state index contributed by atoms with van der Waals surface area (Å²) in [5.41, 5.74) is 0. The maximum atomic E-state index is 11.7. The zero-order valence-electron chi connectivity index (χ0n) is 10.7. The number of nitrogens with zero attached hydrogens (tertiary/aromatic N) is 1. The van der Waals surface area contributed by atoms with Gasteiger partial charge >= 0.3 is 0 Å². The Labute approximate surface area is 121 Å². The molecule has 0 aliphatic carbocycles. The molecule has 1 saturated heterocycles. The molecule has 1 amide bonds. The molecule has 1 aliphatic heterocycles. The smallest absolute Gasteiger partial charge is 0.223 e. The monoisotopic (exact) mass is 327 g/mol. The first kappa shape index (κ1) is 14.3. The number of halogens is 1. The molecule has 2 unspecified atom stereocenters. The van der Waals surface area contributed by atoms with E-state index in [4.69, 9.17) is 4.74 Å². The number of amides is 1. The first-order chi connectivity index (χ1) is 9.19. The van der Waals surface area contributed by atoms with E-state index in [1.807, 2.05) is 30.3 Å². The van der Waals surface area contributed by atoms with Crippen LogP contribution >= 0.6 is 15.9 Å². The average Bonchev–Trinajstić information content (AvgIpc) is 2.78. The minimum Gasteiger partial charge on any atom is -0.491 e. The fourth-order valence-electron chi connectivity index (χ4n) is 2.15. The number of hydrogen-bond donors (Lipinski definition) is 1. The van der Waals surface area contributed by atoms with Gasteiger partial charge in [0.1, 0.15) is 18.5 Å². The van der Waals surface area contributed by atoms with Gasteiger partial charge in [-0.2, -0.15) is 0 Å². The summed E-state index contributed by atoms with van der Waals surface area (Å²) in [5, 5.41) is 10.7. The standard InChI is InChI=1S/C14H18BrNO3/c15-7-11-6-14(18)16(8-11)9-12(17)10-19-13-4-2-1-3-5-13/h1-5,11-12,17H,6-10H2. The summed E-state index contributed by atoms with van der Waals surface area (Å²) in [5.74, 6) is 1.20. The van der Waals surface area contributed by atoms with Gasteiger partial charge in [0.15, 0.2) is 0 Å². The molecule has 1 aromatic carbocycles. The van der Waals surface area contributed by atoms with Gasteiger partial charge in [-0.15, -0.1) is 0 Å². The number of alkyl halides is 1. The second-order valence-electron chi connectivity index (χ2n) is 4.80. The summed E-state index contributed by atoms with van der Waals surface area (Å²) >= 11 is 3.39. The Morgan fingerprint density at radius 3 is 2.79 bits per heavy atom. The van der Waals surface area contributed by atoms with E-state index >= 15 is 0 Å². The summed E-state index contributed by atoms with van der Waals surface area (Å²) in [6.45, 7) is 1.26. The van der Waals surface area contributed by atoms with E-state index in [2.05, 4.69) is 15.9 Å². The summed E-state index contributed by atoms with van der Waals surface area (Å²) in [7, 11) is 0. The lowest BCUT2D eigenvalue weighted by Crippen LogP contribution is -2.36. The van der Waals surface area contributed by atoms with E-state index in [9.17, 15) is 9.90 Å². The minimum absolute atomic E-state index is 0.114. The molecule has 1 fully saturated rings. The van der Waals surface area contributed by atoms with Crippen LogP contribution in [0.4, 0.5) is 0 Å². The Hall–Kier alpha value is -1.07. The molecule has 1 aliphatic rings. The van der Waals surface area contributed by atoms with Crippen LogP contribution in [0.15, 0.2) is 30.3 Å². The average molecular weight is 328 g/mol. The number of carbonyl (C=O) groups excluding carboxylic acids is 1. The van der Waals surface area contributed by atoms with Crippen molar-refractivity contribution in [1.82, 2.24) is 4.90 Å². The second kappa shape index (κ2) is 6.91. The molecule has 5 heteroatoms. The van der Waals surface area contributed by atoms with Crippen LogP contribution in [0.2, 0.25) is 0 Å². The van der Waals surface area contributed by atoms with E-state index in [1.165, 1.54) is 0 Å². The van der Waals surface area contributed by atoms with Crippen molar-refractivity contribution < 1.29 is 14.6 Å². The van der Waals surface area contributed by atoms with Gasteiger partial charge in [-0.3, -0.25) is 4.79 Å². The van der Waals surface area contributed by atoms with Crippen molar-refractivity contribution in [2.75, 3.05) is 25.0 Å². The Morgan fingerprint density at radius 1 is 1.42 bits per heavy atom. The molecule has 0 spiro atoms. The van der Waals surface area contributed by atoms with Crippen LogP contribution in [-0.4, -0.2) is 47.0 Å². The first-order valence-electron chi connectivity index (χ1n) is 6.38. The van der Waals surface area contributed by atoms with Gasteiger partial charge < -0.3 is 14.7 Å². The lowest BCUT2D eigenvalue weighted by atomic mass is 10.2. The van der Waals surface area contributed by atoms with Crippen molar-refractivity contribution in [3.05, 3.63) is 30.3 Å². The molecule has 0 bridgehead atoms. The number of para-hydroxylation sites is 1. The number of ether oxygens (including phenoxy) is 1. The minimum atomic E-state index is -0.654. The molecule has 4 nitrogen and oxygen atoms in total. The molecule has 104 valence electrons. The van der Waals surface area contributed by atoms with Crippen molar-refractivity contribution in [2.24, 2.45) is 5.92 Å².